The molecule has 0 unspecified atom stereocenters. The molecule has 0 atom stereocenters. The fourth-order valence-electron chi connectivity index (χ4n) is 1.23. The summed E-state index contributed by atoms with van der Waals surface area (Å²) in [7, 11) is 0. The largest absolute Gasteiger partial charge is 0.476 e. The Balaban J connectivity index is 2.37. The van der Waals surface area contributed by atoms with Crippen LogP contribution in [0.25, 0.3) is 0 Å². The lowest BCUT2D eigenvalue weighted by Gasteiger charge is -2.03. The molecule has 0 radical (unpaired) electrons. The van der Waals surface area contributed by atoms with Crippen molar-refractivity contribution in [3.8, 4) is 11.8 Å². The van der Waals surface area contributed by atoms with Crippen LogP contribution < -0.4 is 4.74 Å². The van der Waals surface area contributed by atoms with Crippen LogP contribution in [0.4, 0.5) is 5.69 Å². The van der Waals surface area contributed by atoms with Gasteiger partial charge in [0.2, 0.25) is 5.75 Å². The van der Waals surface area contributed by atoms with E-state index in [1.807, 2.05) is 0 Å². The summed E-state index contributed by atoms with van der Waals surface area (Å²) in [5.74, 6) is -1.41. The molecule has 0 spiro atoms. The van der Waals surface area contributed by atoms with Gasteiger partial charge in [-0.05, 0) is 22.0 Å². The average molecular weight is 329 g/mol. The third-order valence-corrected chi connectivity index (χ3v) is 2.66. The first-order chi connectivity index (χ1) is 8.99. The molecule has 0 aliphatic carbocycles. The van der Waals surface area contributed by atoms with Crippen molar-refractivity contribution in [1.29, 1.82) is 0 Å². The van der Waals surface area contributed by atoms with Gasteiger partial charge in [0.25, 0.3) is 0 Å². The number of hydrogen-bond donors (Lipinski definition) is 1. The Kier molecular flexibility index (Phi) is 3.47. The Morgan fingerprint density at radius 3 is 2.84 bits per heavy atom. The lowest BCUT2D eigenvalue weighted by Crippen LogP contribution is -1.97. The van der Waals surface area contributed by atoms with Gasteiger partial charge in [-0.1, -0.05) is 6.07 Å². The fourth-order valence-corrected chi connectivity index (χ4v) is 1.67. The number of aromatic nitrogens is 1. The molecule has 0 saturated heterocycles. The van der Waals surface area contributed by atoms with Gasteiger partial charge < -0.3 is 14.3 Å². The van der Waals surface area contributed by atoms with Gasteiger partial charge in [0, 0.05) is 6.07 Å². The summed E-state index contributed by atoms with van der Waals surface area (Å²) in [6, 6.07) is 4.23. The smallest absolute Gasteiger partial charge is 0.400 e. The van der Waals surface area contributed by atoms with E-state index in [0.29, 0.717) is 4.47 Å². The number of carboxylic acid groups (broad SMARTS) is 1. The molecule has 9 heteroatoms. The maximum absolute atomic E-state index is 10.8. The average Bonchev–Trinajstić information content (AvgIpc) is 2.80. The predicted molar refractivity (Wildman–Crippen MR) is 64.3 cm³/mol. The number of rotatable bonds is 4. The molecule has 8 nitrogen and oxygen atoms in total. The van der Waals surface area contributed by atoms with Crippen molar-refractivity contribution < 1.29 is 24.0 Å². The Bertz CT molecular complexity index is 653. The molecule has 0 aliphatic rings. The molecule has 98 valence electrons. The molecule has 0 aliphatic heterocycles. The maximum atomic E-state index is 10.8. The predicted octanol–water partition coefficient (Wildman–Crippen LogP) is 2.84. The van der Waals surface area contributed by atoms with Crippen LogP contribution in [0, 0.1) is 10.1 Å². The summed E-state index contributed by atoms with van der Waals surface area (Å²) < 4.78 is 10.2. The molecule has 1 N–H and O–H groups in total. The minimum Gasteiger partial charge on any atom is -0.476 e. The van der Waals surface area contributed by atoms with E-state index in [0.717, 1.165) is 6.26 Å². The maximum Gasteiger partial charge on any atom is 0.400 e. The van der Waals surface area contributed by atoms with Gasteiger partial charge in [0.1, 0.15) is 6.26 Å². The highest BCUT2D eigenvalue weighted by Crippen LogP contribution is 2.37. The summed E-state index contributed by atoms with van der Waals surface area (Å²) in [4.78, 5) is 24.3. The van der Waals surface area contributed by atoms with E-state index in [-0.39, 0.29) is 17.1 Å². The van der Waals surface area contributed by atoms with E-state index in [4.69, 9.17) is 14.3 Å². The molecule has 1 heterocycles. The Morgan fingerprint density at radius 1 is 1.53 bits per heavy atom. The van der Waals surface area contributed by atoms with E-state index >= 15 is 0 Å². The summed E-state index contributed by atoms with van der Waals surface area (Å²) >= 11 is 3.09. The quantitative estimate of drug-likeness (QED) is 0.677. The zero-order valence-corrected chi connectivity index (χ0v) is 10.7. The van der Waals surface area contributed by atoms with Crippen molar-refractivity contribution in [2.24, 2.45) is 0 Å². The molecule has 2 rings (SSSR count). The number of para-hydroxylation sites is 1. The standard InChI is InChI=1S/C10H5BrN2O6/c11-5-2-1-3-7(13(16)17)8(5)19-10-12-6(4-18-10)9(14)15/h1-4H,(H,14,15). The molecular formula is C10H5BrN2O6. The van der Waals surface area contributed by atoms with Crippen molar-refractivity contribution in [1.82, 2.24) is 4.98 Å². The number of hydrogen-bond acceptors (Lipinski definition) is 6. The van der Waals surface area contributed by atoms with Crippen molar-refractivity contribution in [3.05, 3.63) is 44.7 Å². The van der Waals surface area contributed by atoms with Gasteiger partial charge in [0.05, 0.1) is 9.40 Å². The number of benzene rings is 1. The van der Waals surface area contributed by atoms with E-state index in [9.17, 15) is 14.9 Å². The molecule has 1 aromatic heterocycles. The molecule has 0 saturated carbocycles. The number of halogens is 1. The number of nitrogens with zero attached hydrogens (tertiary/aromatic N) is 2. The van der Waals surface area contributed by atoms with Crippen LogP contribution in [0.1, 0.15) is 10.5 Å². The van der Waals surface area contributed by atoms with Crippen LogP contribution in [0.15, 0.2) is 33.4 Å². The molecule has 0 fully saturated rings. The van der Waals surface area contributed by atoms with E-state index < -0.39 is 17.0 Å². The zero-order chi connectivity index (χ0) is 14.0. The van der Waals surface area contributed by atoms with Gasteiger partial charge in [-0.3, -0.25) is 10.1 Å². The number of carbonyl (C=O) groups is 1. The van der Waals surface area contributed by atoms with Crippen molar-refractivity contribution in [3.63, 3.8) is 0 Å². The first kappa shape index (κ1) is 13.0. The van der Waals surface area contributed by atoms with Crippen LogP contribution in [-0.2, 0) is 0 Å². The number of nitro groups is 1. The van der Waals surface area contributed by atoms with E-state index in [1.165, 1.54) is 18.2 Å². The van der Waals surface area contributed by atoms with Gasteiger partial charge >= 0.3 is 17.7 Å². The molecule has 19 heavy (non-hydrogen) atoms. The topological polar surface area (TPSA) is 116 Å². The normalized spacial score (nSPS) is 10.2. The molecule has 0 amide bonds. The zero-order valence-electron chi connectivity index (χ0n) is 9.07. The van der Waals surface area contributed by atoms with Crippen LogP contribution in [0.3, 0.4) is 0 Å². The van der Waals surface area contributed by atoms with Crippen molar-refractivity contribution in [2.75, 3.05) is 0 Å². The molecule has 0 bridgehead atoms. The fraction of sp³-hybridized carbons (Fsp3) is 0. The summed E-state index contributed by atoms with van der Waals surface area (Å²) in [6.45, 7) is 0. The van der Waals surface area contributed by atoms with Crippen molar-refractivity contribution in [2.45, 2.75) is 0 Å². The highest BCUT2D eigenvalue weighted by atomic mass is 79.9. The number of oxazole rings is 1. The minimum atomic E-state index is -1.29. The first-order valence-corrected chi connectivity index (χ1v) is 5.58. The lowest BCUT2D eigenvalue weighted by atomic mass is 10.3. The van der Waals surface area contributed by atoms with E-state index in [1.54, 1.807) is 0 Å². The summed E-state index contributed by atoms with van der Waals surface area (Å²) in [5, 5.41) is 19.5. The third-order valence-electron chi connectivity index (χ3n) is 2.03. The summed E-state index contributed by atoms with van der Waals surface area (Å²) in [5.41, 5.74) is -0.658. The Morgan fingerprint density at radius 2 is 2.26 bits per heavy atom. The third kappa shape index (κ3) is 2.71. The van der Waals surface area contributed by atoms with Gasteiger partial charge in [-0.2, -0.15) is 4.98 Å². The molecule has 2 aromatic rings. The number of aromatic carboxylic acids is 1. The van der Waals surface area contributed by atoms with Crippen LogP contribution >= 0.6 is 15.9 Å². The molecule has 1 aromatic carbocycles. The first-order valence-electron chi connectivity index (χ1n) is 4.78. The van der Waals surface area contributed by atoms with Gasteiger partial charge in [0.15, 0.2) is 5.69 Å². The monoisotopic (exact) mass is 328 g/mol. The van der Waals surface area contributed by atoms with Gasteiger partial charge in [-0.25, -0.2) is 4.79 Å². The highest BCUT2D eigenvalue weighted by Gasteiger charge is 2.21. The summed E-state index contributed by atoms with van der Waals surface area (Å²) in [6.07, 6.45) is 0.479. The van der Waals surface area contributed by atoms with Crippen LogP contribution in [0.5, 0.6) is 11.8 Å². The van der Waals surface area contributed by atoms with Crippen molar-refractivity contribution >= 4 is 27.6 Å². The minimum absolute atomic E-state index is 0.119. The second-order valence-corrected chi connectivity index (χ2v) is 4.11. The number of ether oxygens (including phenoxy) is 1. The lowest BCUT2D eigenvalue weighted by molar-refractivity contribution is -0.385. The SMILES string of the molecule is O=C(O)c1coc(Oc2c(Br)cccc2[N+](=O)[O-])n1. The second-order valence-electron chi connectivity index (χ2n) is 3.25. The van der Waals surface area contributed by atoms with Crippen LogP contribution in [0.2, 0.25) is 0 Å². The van der Waals surface area contributed by atoms with E-state index in [2.05, 4.69) is 20.9 Å². The molecular weight excluding hydrogens is 324 g/mol. The Hall–Kier alpha value is -2.42. The number of carboxylic acids is 1. The van der Waals surface area contributed by atoms with Crippen LogP contribution in [-0.4, -0.2) is 21.0 Å². The van der Waals surface area contributed by atoms with Gasteiger partial charge in [-0.15, -0.1) is 0 Å². The highest BCUT2D eigenvalue weighted by molar-refractivity contribution is 9.10. The Labute approximate surface area is 113 Å². The second kappa shape index (κ2) is 5.06. The number of nitro benzene ring substituents is 1.